The van der Waals surface area contributed by atoms with Crippen molar-refractivity contribution >= 4 is 17.8 Å². The molecule has 1 aromatic carbocycles. The van der Waals surface area contributed by atoms with Crippen LogP contribution in [0.25, 0.3) is 0 Å². The number of amides is 2. The molecular weight excluding hydrogens is 596 g/mol. The highest BCUT2D eigenvalue weighted by Crippen LogP contribution is 2.12. The highest BCUT2D eigenvalue weighted by Gasteiger charge is 2.24. The van der Waals surface area contributed by atoms with Gasteiger partial charge >= 0.3 is 5.97 Å². The zero-order valence-electron chi connectivity index (χ0n) is 29.7. The summed E-state index contributed by atoms with van der Waals surface area (Å²) in [6.07, 6.45) is 20.6. The van der Waals surface area contributed by atoms with E-state index >= 15 is 0 Å². The number of hydrogen-bond acceptors (Lipinski definition) is 7. The van der Waals surface area contributed by atoms with E-state index in [1.165, 1.54) is 83.5 Å². The van der Waals surface area contributed by atoms with Gasteiger partial charge in [0.15, 0.2) is 0 Å². The van der Waals surface area contributed by atoms with Crippen LogP contribution >= 0.6 is 0 Å². The van der Waals surface area contributed by atoms with Crippen LogP contribution in [0.1, 0.15) is 135 Å². The summed E-state index contributed by atoms with van der Waals surface area (Å²) in [5, 5.41) is 5.53. The van der Waals surface area contributed by atoms with E-state index in [0.717, 1.165) is 37.9 Å². The molecule has 0 aliphatic carbocycles. The highest BCUT2D eigenvalue weighted by atomic mass is 16.5. The van der Waals surface area contributed by atoms with Crippen LogP contribution in [0.3, 0.4) is 0 Å². The first-order valence-electron chi connectivity index (χ1n) is 18.6. The second kappa shape index (κ2) is 32.1. The number of benzene rings is 1. The Balaban J connectivity index is 2.29. The number of rotatable bonds is 33. The number of nitrogens with one attached hydrogen (secondary N) is 2. The second-order valence-electron chi connectivity index (χ2n) is 12.3. The average Bonchev–Trinajstić information content (AvgIpc) is 3.08. The molecule has 0 bridgehead atoms. The van der Waals surface area contributed by atoms with Crippen molar-refractivity contribution in [3.63, 3.8) is 0 Å². The maximum absolute atomic E-state index is 13.0. The molecule has 0 saturated heterocycles. The Morgan fingerprint density at radius 3 is 1.72 bits per heavy atom. The number of esters is 1. The van der Waals surface area contributed by atoms with Crippen LogP contribution in [0, 0.1) is 0 Å². The SMILES string of the molecule is CCCCCCCCCCCCCCNC(=O)[C@H](CC(=O)OCc1ccccc1)NC(=O)COCCOCCOCCCCCCC. The van der Waals surface area contributed by atoms with Gasteiger partial charge in [0.05, 0.1) is 32.8 Å². The topological polar surface area (TPSA) is 112 Å². The van der Waals surface area contributed by atoms with Crippen molar-refractivity contribution in [2.45, 2.75) is 142 Å². The van der Waals surface area contributed by atoms with Crippen LogP contribution in [-0.4, -0.2) is 70.0 Å². The van der Waals surface area contributed by atoms with Gasteiger partial charge in [0.1, 0.15) is 19.3 Å². The maximum Gasteiger partial charge on any atom is 0.308 e. The predicted molar refractivity (Wildman–Crippen MR) is 188 cm³/mol. The van der Waals surface area contributed by atoms with Crippen molar-refractivity contribution in [3.8, 4) is 0 Å². The molecule has 0 aliphatic rings. The molecule has 47 heavy (non-hydrogen) atoms. The Morgan fingerprint density at radius 2 is 1.13 bits per heavy atom. The smallest absolute Gasteiger partial charge is 0.308 e. The van der Waals surface area contributed by atoms with Gasteiger partial charge < -0.3 is 29.6 Å². The summed E-state index contributed by atoms with van der Waals surface area (Å²) in [7, 11) is 0. The minimum atomic E-state index is -1.04. The van der Waals surface area contributed by atoms with Crippen LogP contribution in [-0.2, 0) is 39.9 Å². The monoisotopic (exact) mass is 662 g/mol. The lowest BCUT2D eigenvalue weighted by Gasteiger charge is -2.18. The summed E-state index contributed by atoms with van der Waals surface area (Å²) < 4.78 is 21.9. The quantitative estimate of drug-likeness (QED) is 0.0594. The van der Waals surface area contributed by atoms with E-state index in [1.54, 1.807) is 0 Å². The first kappa shape index (κ1) is 42.5. The number of carbonyl (C=O) groups excluding carboxylic acids is 3. The molecule has 9 nitrogen and oxygen atoms in total. The van der Waals surface area contributed by atoms with Gasteiger partial charge in [-0.1, -0.05) is 140 Å². The Morgan fingerprint density at radius 1 is 0.617 bits per heavy atom. The molecule has 270 valence electrons. The molecule has 1 atom stereocenters. The molecular formula is C38H66N2O7. The number of unbranched alkanes of at least 4 members (excludes halogenated alkanes) is 15. The standard InChI is InChI=1S/C38H66N2O7/c1-3-5-7-9-10-11-12-13-14-15-16-21-25-39-38(43)35(31-37(42)47-32-34-23-19-18-20-24-34)40-36(41)33-46-30-29-45-28-27-44-26-22-17-8-6-4-2/h18-20,23-24,35H,3-17,21-22,25-33H2,1-2H3,(H,39,43)(H,40,41)/t35-/m0/s1. The van der Waals surface area contributed by atoms with Gasteiger partial charge in [0.25, 0.3) is 0 Å². The third kappa shape index (κ3) is 27.2. The van der Waals surface area contributed by atoms with Gasteiger partial charge in [0, 0.05) is 13.2 Å². The summed E-state index contributed by atoms with van der Waals surface area (Å²) in [6.45, 7) is 7.14. The average molecular weight is 663 g/mol. The number of ether oxygens (including phenoxy) is 4. The van der Waals surface area contributed by atoms with Crippen LogP contribution in [0.4, 0.5) is 0 Å². The van der Waals surface area contributed by atoms with Gasteiger partial charge in [0.2, 0.25) is 11.8 Å². The van der Waals surface area contributed by atoms with Crippen LogP contribution in [0.15, 0.2) is 30.3 Å². The Kier molecular flexibility index (Phi) is 29.0. The molecule has 0 fully saturated rings. The summed E-state index contributed by atoms with van der Waals surface area (Å²) in [6, 6.07) is 8.30. The summed E-state index contributed by atoms with van der Waals surface area (Å²) in [5.74, 6) is -1.43. The van der Waals surface area contributed by atoms with E-state index in [2.05, 4.69) is 24.5 Å². The van der Waals surface area contributed by atoms with Crippen molar-refractivity contribution < 1.29 is 33.3 Å². The van der Waals surface area contributed by atoms with Crippen molar-refractivity contribution in [1.29, 1.82) is 0 Å². The predicted octanol–water partition coefficient (Wildman–Crippen LogP) is 7.44. The van der Waals surface area contributed by atoms with E-state index in [4.69, 9.17) is 18.9 Å². The molecule has 0 radical (unpaired) electrons. The second-order valence-corrected chi connectivity index (χ2v) is 12.3. The molecule has 0 spiro atoms. The first-order valence-corrected chi connectivity index (χ1v) is 18.6. The van der Waals surface area contributed by atoms with E-state index < -0.39 is 23.8 Å². The Bertz CT molecular complexity index is 884. The lowest BCUT2D eigenvalue weighted by Crippen LogP contribution is -2.49. The highest BCUT2D eigenvalue weighted by molar-refractivity contribution is 5.91. The van der Waals surface area contributed by atoms with E-state index in [-0.39, 0.29) is 26.2 Å². The lowest BCUT2D eigenvalue weighted by molar-refractivity contribution is -0.147. The third-order valence-corrected chi connectivity index (χ3v) is 7.96. The molecule has 1 aromatic rings. The van der Waals surface area contributed by atoms with Crippen molar-refractivity contribution in [3.05, 3.63) is 35.9 Å². The molecule has 0 aliphatic heterocycles. The fraction of sp³-hybridized carbons (Fsp3) is 0.763. The normalized spacial score (nSPS) is 11.7. The van der Waals surface area contributed by atoms with E-state index in [0.29, 0.717) is 26.4 Å². The zero-order valence-corrected chi connectivity index (χ0v) is 29.7. The summed E-state index contributed by atoms with van der Waals surface area (Å²) >= 11 is 0. The van der Waals surface area contributed by atoms with Gasteiger partial charge in [-0.2, -0.15) is 0 Å². The van der Waals surface area contributed by atoms with E-state index in [1.807, 2.05) is 30.3 Å². The fourth-order valence-electron chi connectivity index (χ4n) is 5.12. The lowest BCUT2D eigenvalue weighted by atomic mass is 10.1. The number of hydrogen-bond donors (Lipinski definition) is 2. The van der Waals surface area contributed by atoms with Crippen molar-refractivity contribution in [2.75, 3.05) is 46.2 Å². The number of carbonyl (C=O) groups is 3. The van der Waals surface area contributed by atoms with Gasteiger partial charge in [-0.05, 0) is 18.4 Å². The molecule has 2 N–H and O–H groups in total. The van der Waals surface area contributed by atoms with Crippen LogP contribution in [0.5, 0.6) is 0 Å². The molecule has 0 aromatic heterocycles. The minimum absolute atomic E-state index is 0.105. The van der Waals surface area contributed by atoms with Crippen LogP contribution in [0.2, 0.25) is 0 Å². The summed E-state index contributed by atoms with van der Waals surface area (Å²) in [5.41, 5.74) is 0.849. The van der Waals surface area contributed by atoms with Crippen molar-refractivity contribution in [2.24, 2.45) is 0 Å². The largest absolute Gasteiger partial charge is 0.461 e. The minimum Gasteiger partial charge on any atom is -0.461 e. The molecule has 0 heterocycles. The Hall–Kier alpha value is -2.49. The molecule has 2 amide bonds. The molecule has 0 saturated carbocycles. The summed E-state index contributed by atoms with van der Waals surface area (Å²) in [4.78, 5) is 38.1. The maximum atomic E-state index is 13.0. The van der Waals surface area contributed by atoms with Crippen molar-refractivity contribution in [1.82, 2.24) is 10.6 Å². The van der Waals surface area contributed by atoms with Crippen LogP contribution < -0.4 is 10.6 Å². The van der Waals surface area contributed by atoms with Gasteiger partial charge in [-0.15, -0.1) is 0 Å². The molecule has 0 unspecified atom stereocenters. The fourth-order valence-corrected chi connectivity index (χ4v) is 5.12. The third-order valence-electron chi connectivity index (χ3n) is 7.96. The molecule has 9 heteroatoms. The molecule has 1 rings (SSSR count). The van der Waals surface area contributed by atoms with Gasteiger partial charge in [-0.25, -0.2) is 0 Å². The van der Waals surface area contributed by atoms with E-state index in [9.17, 15) is 14.4 Å². The first-order chi connectivity index (χ1) is 23.1. The Labute approximate surface area is 285 Å². The zero-order chi connectivity index (χ0) is 34.0. The van der Waals surface area contributed by atoms with Gasteiger partial charge in [-0.3, -0.25) is 14.4 Å².